The van der Waals surface area contributed by atoms with Crippen molar-refractivity contribution in [3.8, 4) is 22.5 Å². The zero-order valence-electron chi connectivity index (χ0n) is 28.6. The Morgan fingerprint density at radius 1 is 0.404 bits per heavy atom. The van der Waals surface area contributed by atoms with E-state index in [1.165, 1.54) is 27.1 Å². The van der Waals surface area contributed by atoms with Gasteiger partial charge in [-0.25, -0.2) is 0 Å². The number of hydrogen-bond acceptors (Lipinski definition) is 3. The zero-order chi connectivity index (χ0) is 34.6. The van der Waals surface area contributed by atoms with Crippen molar-refractivity contribution in [1.29, 1.82) is 0 Å². The average molecular weight is 668 g/mol. The quantitative estimate of drug-likeness (QED) is 0.177. The van der Waals surface area contributed by atoms with E-state index in [2.05, 4.69) is 184 Å². The number of hydrogen-bond donors (Lipinski definition) is 0. The number of benzene rings is 6. The van der Waals surface area contributed by atoms with E-state index in [0.29, 0.717) is 0 Å². The topological polar surface area (TPSA) is 38.9 Å². The summed E-state index contributed by atoms with van der Waals surface area (Å²) < 4.78 is 4.72. The van der Waals surface area contributed by atoms with Crippen LogP contribution in [-0.2, 0) is 0 Å². The first-order valence-corrected chi connectivity index (χ1v) is 17.6. The van der Waals surface area contributed by atoms with Crippen molar-refractivity contribution in [2.75, 3.05) is 4.90 Å². The molecule has 0 unspecified atom stereocenters. The predicted octanol–water partition coefficient (Wildman–Crippen LogP) is 12.1. The molecule has 4 heterocycles. The van der Waals surface area contributed by atoms with Crippen molar-refractivity contribution in [3.63, 3.8) is 0 Å². The van der Waals surface area contributed by atoms with E-state index < -0.39 is 0 Å². The first-order valence-electron chi connectivity index (χ1n) is 17.6. The Morgan fingerprint density at radius 3 is 1.42 bits per heavy atom. The van der Waals surface area contributed by atoms with Crippen LogP contribution >= 0.6 is 0 Å². The Balaban J connectivity index is 1.21. The molecule has 0 atom stereocenters. The molecule has 246 valence electrons. The van der Waals surface area contributed by atoms with Gasteiger partial charge in [0.05, 0.1) is 45.8 Å². The maximum absolute atomic E-state index is 4.72. The maximum Gasteiger partial charge on any atom is 0.0724 e. The van der Waals surface area contributed by atoms with Gasteiger partial charge in [0.2, 0.25) is 0 Å². The molecule has 6 aromatic carbocycles. The summed E-state index contributed by atoms with van der Waals surface area (Å²) in [4.78, 5) is 11.7. The number of aryl methyl sites for hydroxylation is 1. The number of rotatable bonds is 6. The molecule has 10 aromatic rings. The molecule has 0 N–H and O–H groups in total. The van der Waals surface area contributed by atoms with Gasteiger partial charge in [0.15, 0.2) is 0 Å². The van der Waals surface area contributed by atoms with Gasteiger partial charge in [-0.05, 0) is 85.8 Å². The van der Waals surface area contributed by atoms with E-state index in [1.807, 2.05) is 24.8 Å². The zero-order valence-corrected chi connectivity index (χ0v) is 28.6. The van der Waals surface area contributed by atoms with Crippen LogP contribution in [-0.4, -0.2) is 19.1 Å². The van der Waals surface area contributed by atoms with Crippen molar-refractivity contribution in [1.82, 2.24) is 19.1 Å². The highest BCUT2D eigenvalue weighted by Crippen LogP contribution is 2.42. The van der Waals surface area contributed by atoms with Crippen LogP contribution in [0.2, 0.25) is 0 Å². The summed E-state index contributed by atoms with van der Waals surface area (Å²) in [6.07, 6.45) is 7.77. The summed E-state index contributed by atoms with van der Waals surface area (Å²) >= 11 is 0. The Labute approximate surface area is 301 Å². The minimum atomic E-state index is 1.01. The lowest BCUT2D eigenvalue weighted by Crippen LogP contribution is -2.09. The van der Waals surface area contributed by atoms with E-state index in [4.69, 9.17) is 4.98 Å². The van der Waals surface area contributed by atoms with E-state index in [1.54, 1.807) is 0 Å². The molecule has 10 rings (SSSR count). The lowest BCUT2D eigenvalue weighted by molar-refractivity contribution is 1.12. The Hall–Kier alpha value is -6.98. The molecule has 5 nitrogen and oxygen atoms in total. The summed E-state index contributed by atoms with van der Waals surface area (Å²) in [6, 6.07) is 56.2. The second kappa shape index (κ2) is 12.1. The van der Waals surface area contributed by atoms with Crippen LogP contribution in [0.15, 0.2) is 183 Å². The molecule has 0 aliphatic rings. The number of para-hydroxylation sites is 4. The molecule has 0 amide bonds. The third kappa shape index (κ3) is 4.71. The van der Waals surface area contributed by atoms with Gasteiger partial charge in [-0.1, -0.05) is 84.4 Å². The van der Waals surface area contributed by atoms with Gasteiger partial charge in [-0.2, -0.15) is 0 Å². The minimum Gasteiger partial charge on any atom is -0.310 e. The van der Waals surface area contributed by atoms with E-state index in [9.17, 15) is 0 Å². The standard InChI is InChI=1S/C47H33N5/c1-32-20-22-44-40(28-32)36-16-8-10-18-42(36)51(44)46-30-48-26-24-38(46)39-25-27-49-31-47(39)52-43-19-11-9-17-37(43)41-29-35(21-23-45(41)52)50(33-12-4-2-5-13-33)34-14-6-3-7-15-34/h2-31H,1H3. The summed E-state index contributed by atoms with van der Waals surface area (Å²) in [5, 5.41) is 4.82. The molecule has 0 saturated carbocycles. The van der Waals surface area contributed by atoms with Crippen LogP contribution in [0.4, 0.5) is 17.1 Å². The molecule has 4 aromatic heterocycles. The van der Waals surface area contributed by atoms with Gasteiger partial charge in [0.25, 0.3) is 0 Å². The van der Waals surface area contributed by atoms with E-state index in [0.717, 1.165) is 61.6 Å². The van der Waals surface area contributed by atoms with Gasteiger partial charge in [-0.15, -0.1) is 0 Å². The fourth-order valence-corrected chi connectivity index (χ4v) is 7.89. The molecule has 0 aliphatic carbocycles. The third-order valence-corrected chi connectivity index (χ3v) is 10.1. The first-order chi connectivity index (χ1) is 25.7. The van der Waals surface area contributed by atoms with Crippen LogP contribution in [0.1, 0.15) is 5.56 Å². The summed E-state index contributed by atoms with van der Waals surface area (Å²) in [6.45, 7) is 2.15. The number of nitrogens with zero attached hydrogens (tertiary/aromatic N) is 5. The molecule has 0 radical (unpaired) electrons. The van der Waals surface area contributed by atoms with Gasteiger partial charge in [-0.3, -0.25) is 9.97 Å². The highest BCUT2D eigenvalue weighted by atomic mass is 15.1. The summed E-state index contributed by atoms with van der Waals surface area (Å²) in [5.74, 6) is 0. The van der Waals surface area contributed by atoms with Crippen LogP contribution < -0.4 is 4.90 Å². The van der Waals surface area contributed by atoms with Crippen molar-refractivity contribution < 1.29 is 0 Å². The number of fused-ring (bicyclic) bond motifs is 6. The Bertz CT molecular complexity index is 2880. The third-order valence-electron chi connectivity index (χ3n) is 10.1. The number of aromatic nitrogens is 4. The van der Waals surface area contributed by atoms with Crippen molar-refractivity contribution in [3.05, 3.63) is 188 Å². The lowest BCUT2D eigenvalue weighted by atomic mass is 10.0. The van der Waals surface area contributed by atoms with Crippen LogP contribution in [0, 0.1) is 6.92 Å². The number of anilines is 3. The van der Waals surface area contributed by atoms with Crippen LogP contribution in [0.25, 0.3) is 66.1 Å². The Morgan fingerprint density at radius 2 is 0.865 bits per heavy atom. The molecule has 5 heteroatoms. The van der Waals surface area contributed by atoms with Crippen LogP contribution in [0.3, 0.4) is 0 Å². The second-order valence-electron chi connectivity index (χ2n) is 13.2. The van der Waals surface area contributed by atoms with Gasteiger partial charge in [0.1, 0.15) is 0 Å². The van der Waals surface area contributed by atoms with Crippen molar-refractivity contribution in [2.45, 2.75) is 6.92 Å². The monoisotopic (exact) mass is 667 g/mol. The Kier molecular flexibility index (Phi) is 6.96. The SMILES string of the molecule is Cc1ccc2c(c1)c1ccccc1n2-c1cnccc1-c1ccncc1-n1c2ccccc2c2cc(N(c3ccccc3)c3ccccc3)ccc21. The summed E-state index contributed by atoms with van der Waals surface area (Å²) in [7, 11) is 0. The smallest absolute Gasteiger partial charge is 0.0724 e. The number of pyridine rings is 2. The molecular weight excluding hydrogens is 635 g/mol. The van der Waals surface area contributed by atoms with Gasteiger partial charge < -0.3 is 14.0 Å². The maximum atomic E-state index is 4.72. The average Bonchev–Trinajstić information content (AvgIpc) is 3.71. The fraction of sp³-hybridized carbons (Fsp3) is 0.0213. The molecule has 0 bridgehead atoms. The largest absolute Gasteiger partial charge is 0.310 e. The van der Waals surface area contributed by atoms with Gasteiger partial charge in [0, 0.05) is 62.1 Å². The second-order valence-corrected chi connectivity index (χ2v) is 13.2. The van der Waals surface area contributed by atoms with E-state index in [-0.39, 0.29) is 0 Å². The minimum absolute atomic E-state index is 1.01. The fourth-order valence-electron chi connectivity index (χ4n) is 7.89. The highest BCUT2D eigenvalue weighted by molar-refractivity contribution is 6.12. The molecular formula is C47H33N5. The lowest BCUT2D eigenvalue weighted by Gasteiger charge is -2.25. The van der Waals surface area contributed by atoms with Crippen molar-refractivity contribution >= 4 is 60.7 Å². The summed E-state index contributed by atoms with van der Waals surface area (Å²) in [5.41, 5.74) is 13.3. The van der Waals surface area contributed by atoms with Crippen molar-refractivity contribution in [2.24, 2.45) is 0 Å². The molecule has 0 saturated heterocycles. The molecule has 0 fully saturated rings. The highest BCUT2D eigenvalue weighted by Gasteiger charge is 2.21. The molecule has 52 heavy (non-hydrogen) atoms. The molecule has 0 spiro atoms. The van der Waals surface area contributed by atoms with Gasteiger partial charge >= 0.3 is 0 Å². The normalized spacial score (nSPS) is 11.6. The van der Waals surface area contributed by atoms with E-state index >= 15 is 0 Å². The predicted molar refractivity (Wildman–Crippen MR) is 216 cm³/mol. The molecule has 0 aliphatic heterocycles. The van der Waals surface area contributed by atoms with Crippen LogP contribution in [0.5, 0.6) is 0 Å². The first kappa shape index (κ1) is 29.9.